The molecule has 0 atom stereocenters. The van der Waals surface area contributed by atoms with E-state index in [4.69, 9.17) is 0 Å². The van der Waals surface area contributed by atoms with E-state index in [1.54, 1.807) is 12.1 Å². The fourth-order valence-corrected chi connectivity index (χ4v) is 3.94. The Labute approximate surface area is 127 Å². The Balaban J connectivity index is 1.94. The van der Waals surface area contributed by atoms with Gasteiger partial charge in [-0.2, -0.15) is 0 Å². The Morgan fingerprint density at radius 3 is 2.67 bits per heavy atom. The number of nitrogens with zero attached hydrogens (tertiary/aromatic N) is 3. The summed E-state index contributed by atoms with van der Waals surface area (Å²) in [7, 11) is 0. The average Bonchev–Trinajstić information content (AvgIpc) is 2.53. The summed E-state index contributed by atoms with van der Waals surface area (Å²) in [5.74, 6) is 0. The molecule has 104 valence electrons. The molecule has 0 spiro atoms. The third kappa shape index (κ3) is 3.07. The number of non-ortho nitro benzene ring substituents is 1. The monoisotopic (exact) mass is 345 g/mol. The van der Waals surface area contributed by atoms with E-state index in [1.165, 1.54) is 18.0 Å². The van der Waals surface area contributed by atoms with Crippen molar-refractivity contribution in [2.75, 3.05) is 0 Å². The summed E-state index contributed by atoms with van der Waals surface area (Å²) in [6.45, 7) is 0. The molecule has 3 rings (SSSR count). The molecule has 0 N–H and O–H groups in total. The van der Waals surface area contributed by atoms with Crippen LogP contribution in [-0.4, -0.2) is 29.8 Å². The molecule has 0 amide bonds. The zero-order valence-corrected chi connectivity index (χ0v) is 12.7. The molecule has 0 radical (unpaired) electrons. The molecule has 2 aromatic carbocycles. The Bertz CT molecular complexity index is 793. The van der Waals surface area contributed by atoms with Gasteiger partial charge in [-0.15, -0.1) is 0 Å². The Morgan fingerprint density at radius 1 is 1.10 bits per heavy atom. The number of fused-ring (bicyclic) bond motifs is 1. The van der Waals surface area contributed by atoms with E-state index in [9.17, 15) is 10.1 Å². The van der Waals surface area contributed by atoms with Crippen molar-refractivity contribution in [1.29, 1.82) is 0 Å². The number of aromatic nitrogens is 2. The minimum absolute atomic E-state index is 0.0778. The fourth-order valence-electron chi connectivity index (χ4n) is 1.98. The molecule has 0 saturated carbocycles. The van der Waals surface area contributed by atoms with E-state index in [0.717, 1.165) is 20.8 Å². The van der Waals surface area contributed by atoms with Crippen molar-refractivity contribution in [3.63, 3.8) is 0 Å². The van der Waals surface area contributed by atoms with Crippen LogP contribution in [0.5, 0.6) is 0 Å². The third-order valence-electron chi connectivity index (χ3n) is 3.01. The molecule has 0 unspecified atom stereocenters. The molecule has 0 fully saturated rings. The van der Waals surface area contributed by atoms with Gasteiger partial charge < -0.3 is 0 Å². The molecule has 21 heavy (non-hydrogen) atoms. The van der Waals surface area contributed by atoms with Gasteiger partial charge in [0.15, 0.2) is 0 Å². The average molecular weight is 344 g/mol. The van der Waals surface area contributed by atoms with Gasteiger partial charge in [0, 0.05) is 0 Å². The quantitative estimate of drug-likeness (QED) is 0.413. The SMILES string of the molecule is O=[N+]([O-])c1ccc2ncnc([Se]Cc3ccccc3)c2c1. The molecule has 1 aromatic heterocycles. The van der Waals surface area contributed by atoms with E-state index >= 15 is 0 Å². The number of nitro benzene ring substituents is 1. The Morgan fingerprint density at radius 2 is 1.90 bits per heavy atom. The van der Waals surface area contributed by atoms with Crippen LogP contribution in [0.3, 0.4) is 0 Å². The standard InChI is InChI=1S/C15H11N3O2Se/c19-18(20)12-6-7-14-13(8-12)15(17-10-16-14)21-9-11-4-2-1-3-5-11/h1-8,10H,9H2. The van der Waals surface area contributed by atoms with Crippen molar-refractivity contribution in [1.82, 2.24) is 9.97 Å². The van der Waals surface area contributed by atoms with Gasteiger partial charge >= 0.3 is 127 Å². The summed E-state index contributed by atoms with van der Waals surface area (Å²) >= 11 is 0.109. The van der Waals surface area contributed by atoms with Crippen LogP contribution in [0.2, 0.25) is 0 Å². The molecule has 0 saturated heterocycles. The first-order valence-electron chi connectivity index (χ1n) is 6.30. The van der Waals surface area contributed by atoms with Gasteiger partial charge in [0.1, 0.15) is 0 Å². The van der Waals surface area contributed by atoms with Crippen molar-refractivity contribution >= 4 is 36.1 Å². The van der Waals surface area contributed by atoms with Gasteiger partial charge in [-0.25, -0.2) is 0 Å². The van der Waals surface area contributed by atoms with E-state index in [1.807, 2.05) is 18.2 Å². The summed E-state index contributed by atoms with van der Waals surface area (Å²) in [4.78, 5) is 19.0. The van der Waals surface area contributed by atoms with Gasteiger partial charge in [0.2, 0.25) is 0 Å². The summed E-state index contributed by atoms with van der Waals surface area (Å²) in [6, 6.07) is 14.9. The van der Waals surface area contributed by atoms with Gasteiger partial charge in [0.05, 0.1) is 0 Å². The zero-order chi connectivity index (χ0) is 14.7. The second-order valence-electron chi connectivity index (χ2n) is 4.41. The van der Waals surface area contributed by atoms with Gasteiger partial charge in [0.25, 0.3) is 0 Å². The topological polar surface area (TPSA) is 68.9 Å². The maximum atomic E-state index is 10.9. The van der Waals surface area contributed by atoms with Crippen molar-refractivity contribution in [2.45, 2.75) is 5.32 Å². The number of hydrogen-bond donors (Lipinski definition) is 0. The number of hydrogen-bond acceptors (Lipinski definition) is 4. The number of rotatable bonds is 4. The first-order chi connectivity index (χ1) is 10.2. The van der Waals surface area contributed by atoms with Crippen LogP contribution in [0.4, 0.5) is 5.69 Å². The summed E-state index contributed by atoms with van der Waals surface area (Å²) < 4.78 is 0.903. The zero-order valence-electron chi connectivity index (χ0n) is 11.0. The summed E-state index contributed by atoms with van der Waals surface area (Å²) in [6.07, 6.45) is 1.52. The maximum absolute atomic E-state index is 10.9. The Hall–Kier alpha value is -2.30. The second-order valence-corrected chi connectivity index (χ2v) is 6.43. The second kappa shape index (κ2) is 5.99. The van der Waals surface area contributed by atoms with E-state index in [0.29, 0.717) is 0 Å². The predicted octanol–water partition coefficient (Wildman–Crippen LogP) is 2.07. The number of nitro groups is 1. The van der Waals surface area contributed by atoms with Crippen LogP contribution in [0, 0.1) is 10.1 Å². The van der Waals surface area contributed by atoms with E-state index in [-0.39, 0.29) is 25.6 Å². The van der Waals surface area contributed by atoms with E-state index in [2.05, 4.69) is 22.1 Å². The molecular weight excluding hydrogens is 333 g/mol. The molecular formula is C15H11N3O2Se. The normalized spacial score (nSPS) is 10.7. The van der Waals surface area contributed by atoms with Crippen LogP contribution in [0.15, 0.2) is 54.9 Å². The van der Waals surface area contributed by atoms with Crippen LogP contribution in [-0.2, 0) is 5.32 Å². The number of benzene rings is 2. The van der Waals surface area contributed by atoms with Gasteiger partial charge in [-0.1, -0.05) is 0 Å². The van der Waals surface area contributed by atoms with Crippen molar-refractivity contribution in [2.24, 2.45) is 0 Å². The van der Waals surface area contributed by atoms with Crippen LogP contribution >= 0.6 is 0 Å². The summed E-state index contributed by atoms with van der Waals surface area (Å²) in [5, 5.41) is 12.6. The van der Waals surface area contributed by atoms with Crippen molar-refractivity contribution in [3.8, 4) is 0 Å². The fraction of sp³-hybridized carbons (Fsp3) is 0.0667. The third-order valence-corrected chi connectivity index (χ3v) is 5.27. The Kier molecular flexibility index (Phi) is 3.90. The van der Waals surface area contributed by atoms with Crippen LogP contribution in [0.1, 0.15) is 5.56 Å². The summed E-state index contributed by atoms with van der Waals surface area (Å²) in [5.41, 5.74) is 2.07. The molecule has 0 bridgehead atoms. The predicted molar refractivity (Wildman–Crippen MR) is 81.7 cm³/mol. The van der Waals surface area contributed by atoms with E-state index < -0.39 is 0 Å². The molecule has 1 heterocycles. The van der Waals surface area contributed by atoms with Crippen LogP contribution in [0.25, 0.3) is 10.9 Å². The molecule has 6 heteroatoms. The van der Waals surface area contributed by atoms with Crippen molar-refractivity contribution in [3.05, 3.63) is 70.5 Å². The van der Waals surface area contributed by atoms with Gasteiger partial charge in [-0.3, -0.25) is 0 Å². The first-order valence-corrected chi connectivity index (χ1v) is 8.37. The molecule has 0 aliphatic rings. The molecule has 3 aromatic rings. The van der Waals surface area contributed by atoms with Crippen LogP contribution < -0.4 is 4.59 Å². The van der Waals surface area contributed by atoms with Crippen molar-refractivity contribution < 1.29 is 4.92 Å². The minimum atomic E-state index is -0.388. The first kappa shape index (κ1) is 13.7. The molecule has 5 nitrogen and oxygen atoms in total. The molecule has 0 aliphatic heterocycles. The molecule has 0 aliphatic carbocycles. The van der Waals surface area contributed by atoms with Gasteiger partial charge in [-0.05, 0) is 0 Å².